The number of azo groups is 2. The number of amides is 3. The van der Waals surface area contributed by atoms with Crippen molar-refractivity contribution in [2.75, 3.05) is 29.9 Å². The Morgan fingerprint density at radius 3 is 2.52 bits per heavy atom. The molecule has 1 fully saturated rings. The lowest BCUT2D eigenvalue weighted by Crippen LogP contribution is -2.52. The van der Waals surface area contributed by atoms with Crippen molar-refractivity contribution in [3.05, 3.63) is 60.2 Å². The molecule has 2 heterocycles. The van der Waals surface area contributed by atoms with Crippen LogP contribution in [0.1, 0.15) is 0 Å². The van der Waals surface area contributed by atoms with Crippen LogP contribution >= 0.6 is 0 Å². The van der Waals surface area contributed by atoms with Gasteiger partial charge in [0.05, 0.1) is 0 Å². The van der Waals surface area contributed by atoms with Gasteiger partial charge in [-0.05, 0) is 47.2 Å². The van der Waals surface area contributed by atoms with E-state index < -0.39 is 42.2 Å². The van der Waals surface area contributed by atoms with Crippen LogP contribution in [0.15, 0.2) is 53.6 Å². The first-order chi connectivity index (χ1) is 13.9. The number of carbonyl (C=O) groups excluding carboxylic acids is 3. The van der Waals surface area contributed by atoms with Crippen molar-refractivity contribution in [3.8, 4) is 0 Å². The highest BCUT2D eigenvalue weighted by molar-refractivity contribution is 6.32. The zero-order valence-electron chi connectivity index (χ0n) is 15.1. The Bertz CT molecular complexity index is 1020. The quantitative estimate of drug-likeness (QED) is 0.623. The molecule has 1 unspecified atom stereocenters. The maximum Gasteiger partial charge on any atom is 0.502 e. The fourth-order valence-electron chi connectivity index (χ4n) is 3.27. The van der Waals surface area contributed by atoms with Crippen molar-refractivity contribution < 1.29 is 27.9 Å². The topological polar surface area (TPSA) is 85.1 Å². The van der Waals surface area contributed by atoms with Crippen LogP contribution in [-0.4, -0.2) is 53.2 Å². The fraction of sp³-hybridized carbons (Fsp3) is 0.211. The Hall–Kier alpha value is -3.69. The number of nitrogens with zero attached hydrogens (tertiary/aromatic N) is 4. The first-order valence-corrected chi connectivity index (χ1v) is 8.83. The molecule has 0 saturated carbocycles. The summed E-state index contributed by atoms with van der Waals surface area (Å²) >= 11 is 0. The van der Waals surface area contributed by atoms with Gasteiger partial charge < -0.3 is 10.2 Å². The summed E-state index contributed by atoms with van der Waals surface area (Å²) in [6, 6.07) is 11.0. The van der Waals surface area contributed by atoms with Gasteiger partial charge in [0.25, 0.3) is 18.7 Å². The van der Waals surface area contributed by atoms with Gasteiger partial charge in [-0.1, -0.05) is 6.07 Å². The molecule has 0 aliphatic carbocycles. The number of nitrogens with one attached hydrogen (secondary N) is 1. The van der Waals surface area contributed by atoms with E-state index in [0.29, 0.717) is 12.2 Å². The van der Waals surface area contributed by atoms with Gasteiger partial charge >= 0.3 is 11.8 Å². The fourth-order valence-corrected chi connectivity index (χ4v) is 3.27. The zero-order chi connectivity index (χ0) is 20.5. The lowest BCUT2D eigenvalue weighted by atomic mass is 10.3. The van der Waals surface area contributed by atoms with E-state index >= 15 is 0 Å². The van der Waals surface area contributed by atoms with Gasteiger partial charge in [-0.15, -0.1) is 0 Å². The molecule has 0 spiro atoms. The molecule has 2 aromatic carbocycles. The summed E-state index contributed by atoms with van der Waals surface area (Å²) in [6.45, 7) is 0.185. The lowest BCUT2D eigenvalue weighted by Gasteiger charge is -2.26. The minimum Gasteiger partial charge on any atom is -0.326 e. The number of benzene rings is 2. The summed E-state index contributed by atoms with van der Waals surface area (Å²) < 4.78 is 27.3. The van der Waals surface area contributed by atoms with Crippen molar-refractivity contribution >= 4 is 29.1 Å². The van der Waals surface area contributed by atoms with E-state index in [2.05, 4.69) is 10.4 Å². The molecule has 1 atom stereocenters. The van der Waals surface area contributed by atoms with E-state index in [1.54, 1.807) is 17.0 Å². The molecule has 4 rings (SSSR count). The number of anilines is 2. The molecule has 2 aliphatic heterocycles. The molecule has 2 aromatic rings. The normalized spacial score (nSPS) is 18.6. The van der Waals surface area contributed by atoms with Gasteiger partial charge in [-0.2, -0.15) is 0 Å². The molecular formula is C19H16F2N5O3+. The van der Waals surface area contributed by atoms with Crippen LogP contribution in [0.25, 0.3) is 0 Å². The molecule has 8 nitrogen and oxygen atoms in total. The van der Waals surface area contributed by atoms with Crippen LogP contribution in [0.3, 0.4) is 0 Å². The van der Waals surface area contributed by atoms with E-state index in [-0.39, 0.29) is 12.2 Å². The van der Waals surface area contributed by atoms with Gasteiger partial charge in [0.15, 0.2) is 0 Å². The molecular weight excluding hydrogens is 384 g/mol. The average Bonchev–Trinajstić information content (AvgIpc) is 3.10. The molecule has 0 aromatic heterocycles. The molecule has 29 heavy (non-hydrogen) atoms. The van der Waals surface area contributed by atoms with Crippen LogP contribution in [0, 0.1) is 11.6 Å². The Labute approximate surface area is 164 Å². The third kappa shape index (κ3) is 3.68. The summed E-state index contributed by atoms with van der Waals surface area (Å²) in [5.74, 6) is -3.23. The summed E-state index contributed by atoms with van der Waals surface area (Å²) in [6.07, 6.45) is -0.812. The Kier molecular flexibility index (Phi) is 4.75. The molecule has 2 aliphatic rings. The summed E-state index contributed by atoms with van der Waals surface area (Å²) in [5, 5.41) is 6.70. The number of hydrogen-bond donors (Lipinski definition) is 1. The predicted octanol–water partition coefficient (Wildman–Crippen LogP) is 1.54. The van der Waals surface area contributed by atoms with Crippen molar-refractivity contribution in [2.45, 2.75) is 6.29 Å². The predicted molar refractivity (Wildman–Crippen MR) is 96.8 cm³/mol. The average molecular weight is 400 g/mol. The number of halogens is 2. The second-order valence-electron chi connectivity index (χ2n) is 6.55. The third-order valence-electron chi connectivity index (χ3n) is 4.62. The van der Waals surface area contributed by atoms with Gasteiger partial charge in [0.1, 0.15) is 11.6 Å². The number of fused-ring (bicyclic) bond motifs is 1. The molecule has 1 saturated heterocycles. The van der Waals surface area contributed by atoms with Crippen LogP contribution in [-0.2, 0) is 14.4 Å². The summed E-state index contributed by atoms with van der Waals surface area (Å²) in [7, 11) is 0. The van der Waals surface area contributed by atoms with E-state index in [4.69, 9.17) is 0 Å². The summed E-state index contributed by atoms with van der Waals surface area (Å²) in [4.78, 5) is 40.1. The highest BCUT2D eigenvalue weighted by Gasteiger charge is 2.49. The smallest absolute Gasteiger partial charge is 0.326 e. The maximum atomic E-state index is 13.3. The van der Waals surface area contributed by atoms with Gasteiger partial charge in [0.2, 0.25) is 0 Å². The summed E-state index contributed by atoms with van der Waals surface area (Å²) in [5.41, 5.74) is 0.857. The van der Waals surface area contributed by atoms with E-state index in [1.807, 2.05) is 0 Å². The SMILES string of the molecule is O=C(C[N+]1=NC2N(CCN2c2ccc(F)cc2)C(=O)C1=O)Nc1cccc(F)c1. The molecule has 10 heteroatoms. The van der Waals surface area contributed by atoms with E-state index in [1.165, 1.54) is 35.2 Å². The number of hydrogen-bond acceptors (Lipinski definition) is 5. The van der Waals surface area contributed by atoms with Crippen LogP contribution in [0.4, 0.5) is 20.2 Å². The van der Waals surface area contributed by atoms with Crippen molar-refractivity contribution in [1.82, 2.24) is 4.90 Å². The Morgan fingerprint density at radius 1 is 1.07 bits per heavy atom. The molecule has 0 bridgehead atoms. The van der Waals surface area contributed by atoms with Gasteiger partial charge in [0, 0.05) is 29.6 Å². The first kappa shape index (κ1) is 18.7. The van der Waals surface area contributed by atoms with Crippen molar-refractivity contribution in [3.63, 3.8) is 0 Å². The first-order valence-electron chi connectivity index (χ1n) is 8.83. The monoisotopic (exact) mass is 400 g/mol. The van der Waals surface area contributed by atoms with E-state index in [0.717, 1.165) is 10.8 Å². The minimum atomic E-state index is -0.920. The second kappa shape index (κ2) is 7.38. The van der Waals surface area contributed by atoms with E-state index in [9.17, 15) is 23.2 Å². The highest BCUT2D eigenvalue weighted by atomic mass is 19.1. The van der Waals surface area contributed by atoms with Crippen LogP contribution < -0.4 is 10.2 Å². The molecule has 3 amide bonds. The Balaban J connectivity index is 1.55. The zero-order valence-corrected chi connectivity index (χ0v) is 15.1. The lowest BCUT2D eigenvalue weighted by molar-refractivity contribution is -0.509. The van der Waals surface area contributed by atoms with Crippen molar-refractivity contribution in [1.29, 1.82) is 0 Å². The molecule has 1 N–H and O–H groups in total. The molecule has 0 radical (unpaired) electrons. The second-order valence-corrected chi connectivity index (χ2v) is 6.55. The number of rotatable bonds is 4. The molecule has 148 valence electrons. The standard InChI is InChI=1S/C19H15F2N5O3/c20-12-4-6-15(7-5-12)24-8-9-25-17(28)18(29)26(23-19(24)25)11-16(27)22-14-3-1-2-13(21)10-14/h1-7,10,19H,8-9,11H2/p+1. The van der Waals surface area contributed by atoms with Crippen LogP contribution in [0.2, 0.25) is 0 Å². The third-order valence-corrected chi connectivity index (χ3v) is 4.62. The largest absolute Gasteiger partial charge is 0.502 e. The Morgan fingerprint density at radius 2 is 1.79 bits per heavy atom. The maximum absolute atomic E-state index is 13.3. The van der Waals surface area contributed by atoms with Crippen molar-refractivity contribution in [2.24, 2.45) is 5.11 Å². The minimum absolute atomic E-state index is 0.223. The van der Waals surface area contributed by atoms with Crippen LogP contribution in [0.5, 0.6) is 0 Å². The van der Waals surface area contributed by atoms with Gasteiger partial charge in [-0.3, -0.25) is 14.5 Å². The highest BCUT2D eigenvalue weighted by Crippen LogP contribution is 2.27. The number of carbonyl (C=O) groups is 3. The van der Waals surface area contributed by atoms with Gasteiger partial charge in [-0.25, -0.2) is 13.6 Å².